The van der Waals surface area contributed by atoms with Gasteiger partial charge in [-0.05, 0) is 72.9 Å². The fourth-order valence-electron chi connectivity index (χ4n) is 4.37. The number of aryl methyl sites for hydroxylation is 1. The summed E-state index contributed by atoms with van der Waals surface area (Å²) in [5.74, 6) is -0.240. The van der Waals surface area contributed by atoms with Crippen LogP contribution in [0.1, 0.15) is 47.7 Å². The van der Waals surface area contributed by atoms with Gasteiger partial charge in [0.2, 0.25) is 10.0 Å². The minimum atomic E-state index is -3.56. The fraction of sp³-hybridized carbons (Fsp3) is 0.296. The lowest BCUT2D eigenvalue weighted by Gasteiger charge is -2.26. The number of anilines is 1. The minimum Gasteiger partial charge on any atom is -0.279 e. The van der Waals surface area contributed by atoms with Gasteiger partial charge in [0.05, 0.1) is 21.7 Å². The van der Waals surface area contributed by atoms with E-state index in [1.807, 2.05) is 18.2 Å². The maximum atomic E-state index is 13.7. The molecule has 7 nitrogen and oxygen atoms in total. The number of nitrogens with zero attached hydrogens (tertiary/aromatic N) is 4. The standard InChI is InChI=1S/C27H28N4O3S2/c1-2-20-8-13-24-25(17-20)35-27(29-24)31(19-21-7-6-14-28-18-21)26(32)22-9-11-23(12-10-22)36(33,34)30-15-4-3-5-16-30/h6-14,17-18H,2-5,15-16,19H2,1H3. The van der Waals surface area contributed by atoms with Gasteiger partial charge >= 0.3 is 0 Å². The number of rotatable bonds is 7. The predicted octanol–water partition coefficient (Wildman–Crippen LogP) is 5.28. The third-order valence-electron chi connectivity index (χ3n) is 6.44. The molecule has 5 rings (SSSR count). The van der Waals surface area contributed by atoms with Crippen molar-refractivity contribution in [1.29, 1.82) is 0 Å². The van der Waals surface area contributed by atoms with Crippen molar-refractivity contribution in [3.63, 3.8) is 0 Å². The van der Waals surface area contributed by atoms with E-state index in [1.165, 1.54) is 33.3 Å². The van der Waals surface area contributed by atoms with Gasteiger partial charge in [0.1, 0.15) is 0 Å². The molecular formula is C27H28N4O3S2. The second kappa shape index (κ2) is 10.5. The molecule has 4 aromatic rings. The molecule has 0 atom stereocenters. The molecule has 1 aliphatic rings. The maximum absolute atomic E-state index is 13.7. The number of hydrogen-bond donors (Lipinski definition) is 0. The Labute approximate surface area is 215 Å². The van der Waals surface area contributed by atoms with Crippen LogP contribution in [0.15, 0.2) is 71.9 Å². The highest BCUT2D eigenvalue weighted by atomic mass is 32.2. The first kappa shape index (κ1) is 24.5. The number of aromatic nitrogens is 2. The van der Waals surface area contributed by atoms with Crippen LogP contribution in [0.5, 0.6) is 0 Å². The zero-order chi connectivity index (χ0) is 25.1. The molecule has 1 amide bonds. The molecule has 0 bridgehead atoms. The second-order valence-electron chi connectivity index (χ2n) is 8.89. The number of carbonyl (C=O) groups excluding carboxylic acids is 1. The van der Waals surface area contributed by atoms with Crippen molar-refractivity contribution in [3.05, 3.63) is 83.7 Å². The van der Waals surface area contributed by atoms with Crippen LogP contribution in [0.25, 0.3) is 10.2 Å². The van der Waals surface area contributed by atoms with Crippen LogP contribution in [-0.2, 0) is 23.0 Å². The van der Waals surface area contributed by atoms with Gasteiger partial charge in [-0.15, -0.1) is 0 Å². The number of fused-ring (bicyclic) bond motifs is 1. The van der Waals surface area contributed by atoms with Crippen molar-refractivity contribution in [2.45, 2.75) is 44.0 Å². The van der Waals surface area contributed by atoms with Crippen molar-refractivity contribution in [2.75, 3.05) is 18.0 Å². The minimum absolute atomic E-state index is 0.215. The number of hydrogen-bond acceptors (Lipinski definition) is 6. The highest BCUT2D eigenvalue weighted by Crippen LogP contribution is 2.32. The van der Waals surface area contributed by atoms with Crippen molar-refractivity contribution >= 4 is 42.6 Å². The van der Waals surface area contributed by atoms with E-state index in [0.29, 0.717) is 30.3 Å². The topological polar surface area (TPSA) is 83.5 Å². The van der Waals surface area contributed by atoms with E-state index in [9.17, 15) is 13.2 Å². The Kier molecular flexibility index (Phi) is 7.13. The summed E-state index contributed by atoms with van der Waals surface area (Å²) >= 11 is 1.47. The summed E-state index contributed by atoms with van der Waals surface area (Å²) in [6, 6.07) is 16.2. The van der Waals surface area contributed by atoms with Gasteiger partial charge in [-0.2, -0.15) is 4.31 Å². The molecule has 1 aliphatic heterocycles. The van der Waals surface area contributed by atoms with Crippen LogP contribution in [0.2, 0.25) is 0 Å². The Morgan fingerprint density at radius 1 is 1.03 bits per heavy atom. The fourth-order valence-corrected chi connectivity index (χ4v) is 6.92. The van der Waals surface area contributed by atoms with E-state index < -0.39 is 10.0 Å². The molecular weight excluding hydrogens is 492 g/mol. The van der Waals surface area contributed by atoms with Gasteiger partial charge < -0.3 is 0 Å². The Balaban J connectivity index is 1.47. The van der Waals surface area contributed by atoms with Crippen molar-refractivity contribution in [1.82, 2.24) is 14.3 Å². The number of piperidine rings is 1. The molecule has 186 valence electrons. The van der Waals surface area contributed by atoms with Gasteiger partial charge in [-0.25, -0.2) is 13.4 Å². The average molecular weight is 521 g/mol. The lowest BCUT2D eigenvalue weighted by molar-refractivity contribution is 0.0985. The zero-order valence-electron chi connectivity index (χ0n) is 20.1. The van der Waals surface area contributed by atoms with Crippen LogP contribution >= 0.6 is 11.3 Å². The number of sulfonamides is 1. The molecule has 2 aromatic carbocycles. The van der Waals surface area contributed by atoms with Crippen LogP contribution in [-0.4, -0.2) is 41.7 Å². The monoisotopic (exact) mass is 520 g/mol. The van der Waals surface area contributed by atoms with Crippen LogP contribution in [0.4, 0.5) is 5.13 Å². The van der Waals surface area contributed by atoms with E-state index in [1.54, 1.807) is 29.4 Å². The van der Waals surface area contributed by atoms with E-state index in [2.05, 4.69) is 24.0 Å². The van der Waals surface area contributed by atoms with Gasteiger partial charge in [0.15, 0.2) is 5.13 Å². The molecule has 1 fully saturated rings. The highest BCUT2D eigenvalue weighted by Gasteiger charge is 2.27. The summed E-state index contributed by atoms with van der Waals surface area (Å²) in [5, 5.41) is 0.595. The Morgan fingerprint density at radius 3 is 2.50 bits per heavy atom. The summed E-state index contributed by atoms with van der Waals surface area (Å²) in [6.45, 7) is 3.50. The normalized spacial score (nSPS) is 14.7. The molecule has 2 aromatic heterocycles. The third kappa shape index (κ3) is 5.04. The molecule has 0 N–H and O–H groups in total. The van der Waals surface area contributed by atoms with E-state index in [-0.39, 0.29) is 10.8 Å². The number of amides is 1. The first-order chi connectivity index (χ1) is 17.5. The lowest BCUT2D eigenvalue weighted by Crippen LogP contribution is -2.35. The molecule has 0 unspecified atom stereocenters. The first-order valence-electron chi connectivity index (χ1n) is 12.2. The van der Waals surface area contributed by atoms with Crippen LogP contribution in [0, 0.1) is 0 Å². The van der Waals surface area contributed by atoms with Crippen LogP contribution < -0.4 is 4.90 Å². The Bertz CT molecular complexity index is 1460. The zero-order valence-corrected chi connectivity index (χ0v) is 21.8. The summed E-state index contributed by atoms with van der Waals surface area (Å²) < 4.78 is 28.6. The van der Waals surface area contributed by atoms with Gasteiger partial charge in [-0.3, -0.25) is 14.7 Å². The highest BCUT2D eigenvalue weighted by molar-refractivity contribution is 7.89. The van der Waals surface area contributed by atoms with Crippen molar-refractivity contribution in [3.8, 4) is 0 Å². The third-order valence-corrected chi connectivity index (χ3v) is 9.40. The van der Waals surface area contributed by atoms with Gasteiger partial charge in [0, 0.05) is 31.0 Å². The molecule has 0 radical (unpaired) electrons. The number of benzene rings is 2. The Hall–Kier alpha value is -3.14. The molecule has 0 spiro atoms. The quantitative estimate of drug-likeness (QED) is 0.331. The van der Waals surface area contributed by atoms with Gasteiger partial charge in [0.25, 0.3) is 5.91 Å². The molecule has 1 saturated heterocycles. The largest absolute Gasteiger partial charge is 0.279 e. The van der Waals surface area contributed by atoms with E-state index in [4.69, 9.17) is 4.98 Å². The van der Waals surface area contributed by atoms with Gasteiger partial charge in [-0.1, -0.05) is 36.8 Å². The maximum Gasteiger partial charge on any atom is 0.260 e. The number of thiazole rings is 1. The number of pyridine rings is 1. The molecule has 36 heavy (non-hydrogen) atoms. The summed E-state index contributed by atoms with van der Waals surface area (Å²) in [5.41, 5.74) is 3.35. The smallest absolute Gasteiger partial charge is 0.260 e. The molecule has 0 saturated carbocycles. The molecule has 3 heterocycles. The summed E-state index contributed by atoms with van der Waals surface area (Å²) in [4.78, 5) is 24.5. The average Bonchev–Trinajstić information content (AvgIpc) is 3.35. The summed E-state index contributed by atoms with van der Waals surface area (Å²) in [6.07, 6.45) is 7.16. The molecule has 9 heteroatoms. The second-order valence-corrected chi connectivity index (χ2v) is 11.8. The van der Waals surface area contributed by atoms with Crippen molar-refractivity contribution in [2.24, 2.45) is 0 Å². The predicted molar refractivity (Wildman–Crippen MR) is 143 cm³/mol. The summed E-state index contributed by atoms with van der Waals surface area (Å²) in [7, 11) is -3.56. The first-order valence-corrected chi connectivity index (χ1v) is 14.4. The van der Waals surface area contributed by atoms with E-state index in [0.717, 1.165) is 41.5 Å². The lowest BCUT2D eigenvalue weighted by atomic mass is 10.2. The Morgan fingerprint density at radius 2 is 1.81 bits per heavy atom. The molecule has 0 aliphatic carbocycles. The SMILES string of the molecule is CCc1ccc2nc(N(Cc3cccnc3)C(=O)c3ccc(S(=O)(=O)N4CCCCC4)cc3)sc2c1. The van der Waals surface area contributed by atoms with E-state index >= 15 is 0 Å². The van der Waals surface area contributed by atoms with Crippen LogP contribution in [0.3, 0.4) is 0 Å². The number of carbonyl (C=O) groups is 1. The van der Waals surface area contributed by atoms with Crippen molar-refractivity contribution < 1.29 is 13.2 Å².